The molecule has 94 valence electrons. The number of hydrogen-bond donors (Lipinski definition) is 1. The SMILES string of the molecule is Cc1cncc(C(C)(N)Cc2cccc(F)c2)c1. The fraction of sp³-hybridized carbons (Fsp3) is 0.267. The zero-order valence-corrected chi connectivity index (χ0v) is 10.7. The fourth-order valence-corrected chi connectivity index (χ4v) is 2.04. The Labute approximate surface area is 107 Å². The Morgan fingerprint density at radius 1 is 1.28 bits per heavy atom. The molecule has 0 fully saturated rings. The van der Waals surface area contributed by atoms with Crippen LogP contribution in [0.4, 0.5) is 4.39 Å². The lowest BCUT2D eigenvalue weighted by atomic mass is 9.87. The number of aromatic nitrogens is 1. The molecule has 1 aromatic carbocycles. The van der Waals surface area contributed by atoms with Crippen LogP contribution in [-0.4, -0.2) is 4.98 Å². The summed E-state index contributed by atoms with van der Waals surface area (Å²) in [5.74, 6) is -0.231. The van der Waals surface area contributed by atoms with Gasteiger partial charge in [0, 0.05) is 17.9 Å². The molecule has 1 atom stereocenters. The van der Waals surface area contributed by atoms with E-state index in [0.717, 1.165) is 16.7 Å². The summed E-state index contributed by atoms with van der Waals surface area (Å²) in [6.45, 7) is 3.92. The first-order valence-electron chi connectivity index (χ1n) is 5.93. The van der Waals surface area contributed by atoms with Crippen LogP contribution >= 0.6 is 0 Å². The average Bonchev–Trinajstić information content (AvgIpc) is 2.28. The van der Waals surface area contributed by atoms with Crippen LogP contribution in [0, 0.1) is 12.7 Å². The summed E-state index contributed by atoms with van der Waals surface area (Å²) in [4.78, 5) is 4.16. The molecular weight excluding hydrogens is 227 g/mol. The van der Waals surface area contributed by atoms with Gasteiger partial charge in [-0.25, -0.2) is 4.39 Å². The lowest BCUT2D eigenvalue weighted by Gasteiger charge is -2.25. The number of benzene rings is 1. The maximum Gasteiger partial charge on any atom is 0.123 e. The van der Waals surface area contributed by atoms with E-state index >= 15 is 0 Å². The van der Waals surface area contributed by atoms with Crippen LogP contribution in [0.1, 0.15) is 23.6 Å². The monoisotopic (exact) mass is 244 g/mol. The first-order chi connectivity index (χ1) is 8.47. The van der Waals surface area contributed by atoms with Crippen LogP contribution in [0.2, 0.25) is 0 Å². The van der Waals surface area contributed by atoms with Crippen molar-refractivity contribution in [1.82, 2.24) is 4.98 Å². The maximum absolute atomic E-state index is 13.2. The number of rotatable bonds is 3. The van der Waals surface area contributed by atoms with E-state index in [-0.39, 0.29) is 5.82 Å². The minimum Gasteiger partial charge on any atom is -0.321 e. The second kappa shape index (κ2) is 4.86. The number of halogens is 1. The highest BCUT2D eigenvalue weighted by atomic mass is 19.1. The fourth-order valence-electron chi connectivity index (χ4n) is 2.04. The Kier molecular flexibility index (Phi) is 3.43. The Hall–Kier alpha value is -1.74. The number of aryl methyl sites for hydroxylation is 1. The third-order valence-corrected chi connectivity index (χ3v) is 2.99. The Balaban J connectivity index is 2.26. The van der Waals surface area contributed by atoms with Gasteiger partial charge in [0.25, 0.3) is 0 Å². The van der Waals surface area contributed by atoms with Crippen LogP contribution in [0.5, 0.6) is 0 Å². The first-order valence-corrected chi connectivity index (χ1v) is 5.93. The molecule has 0 aliphatic heterocycles. The van der Waals surface area contributed by atoms with E-state index in [1.54, 1.807) is 18.5 Å². The molecule has 2 rings (SSSR count). The third-order valence-electron chi connectivity index (χ3n) is 2.99. The molecule has 2 N–H and O–H groups in total. The number of pyridine rings is 1. The summed E-state index contributed by atoms with van der Waals surface area (Å²) in [7, 11) is 0. The average molecular weight is 244 g/mol. The van der Waals surface area contributed by atoms with Crippen molar-refractivity contribution >= 4 is 0 Å². The largest absolute Gasteiger partial charge is 0.321 e. The summed E-state index contributed by atoms with van der Waals surface area (Å²) in [6, 6.07) is 8.57. The summed E-state index contributed by atoms with van der Waals surface area (Å²) in [5, 5.41) is 0. The molecule has 18 heavy (non-hydrogen) atoms. The van der Waals surface area contributed by atoms with Gasteiger partial charge in [0.05, 0.1) is 0 Å². The highest BCUT2D eigenvalue weighted by Gasteiger charge is 2.22. The highest BCUT2D eigenvalue weighted by Crippen LogP contribution is 2.23. The molecule has 3 heteroatoms. The van der Waals surface area contributed by atoms with Gasteiger partial charge in [-0.2, -0.15) is 0 Å². The molecule has 1 aromatic heterocycles. The molecular formula is C15H17FN2. The molecule has 0 spiro atoms. The van der Waals surface area contributed by atoms with Crippen LogP contribution in [0.25, 0.3) is 0 Å². The zero-order chi connectivity index (χ0) is 13.2. The van der Waals surface area contributed by atoms with Gasteiger partial charge in [0.2, 0.25) is 0 Å². The molecule has 0 saturated carbocycles. The van der Waals surface area contributed by atoms with E-state index in [1.807, 2.05) is 26.0 Å². The second-order valence-electron chi connectivity index (χ2n) is 4.98. The lowest BCUT2D eigenvalue weighted by molar-refractivity contribution is 0.487. The molecule has 1 unspecified atom stereocenters. The predicted octanol–water partition coefficient (Wildman–Crippen LogP) is 2.95. The van der Waals surface area contributed by atoms with Crippen molar-refractivity contribution in [2.24, 2.45) is 5.73 Å². The predicted molar refractivity (Wildman–Crippen MR) is 70.6 cm³/mol. The van der Waals surface area contributed by atoms with Crippen molar-refractivity contribution in [2.45, 2.75) is 25.8 Å². The van der Waals surface area contributed by atoms with Crippen LogP contribution in [-0.2, 0) is 12.0 Å². The van der Waals surface area contributed by atoms with Gasteiger partial charge in [-0.05, 0) is 49.1 Å². The molecule has 0 radical (unpaired) electrons. The third kappa shape index (κ3) is 2.93. The molecule has 0 aliphatic carbocycles. The Morgan fingerprint density at radius 3 is 2.72 bits per heavy atom. The Morgan fingerprint density at radius 2 is 2.06 bits per heavy atom. The van der Waals surface area contributed by atoms with Crippen LogP contribution < -0.4 is 5.73 Å². The smallest absolute Gasteiger partial charge is 0.123 e. The highest BCUT2D eigenvalue weighted by molar-refractivity contribution is 5.28. The van der Waals surface area contributed by atoms with E-state index in [0.29, 0.717) is 6.42 Å². The van der Waals surface area contributed by atoms with Gasteiger partial charge in [-0.1, -0.05) is 18.2 Å². The lowest BCUT2D eigenvalue weighted by Crippen LogP contribution is -2.35. The molecule has 0 bridgehead atoms. The minimum atomic E-state index is -0.549. The van der Waals surface area contributed by atoms with Gasteiger partial charge in [0.15, 0.2) is 0 Å². The Bertz CT molecular complexity index is 550. The van der Waals surface area contributed by atoms with E-state index in [4.69, 9.17) is 5.73 Å². The van der Waals surface area contributed by atoms with Crippen LogP contribution in [0.3, 0.4) is 0 Å². The van der Waals surface area contributed by atoms with Crippen molar-refractivity contribution in [2.75, 3.05) is 0 Å². The number of hydrogen-bond acceptors (Lipinski definition) is 2. The van der Waals surface area contributed by atoms with E-state index in [2.05, 4.69) is 4.98 Å². The molecule has 2 aromatic rings. The topological polar surface area (TPSA) is 38.9 Å². The zero-order valence-electron chi connectivity index (χ0n) is 10.7. The standard InChI is InChI=1S/C15H17FN2/c1-11-6-13(10-18-9-11)15(2,17)8-12-4-3-5-14(16)7-12/h3-7,9-10H,8,17H2,1-2H3. The summed E-state index contributed by atoms with van der Waals surface area (Å²) >= 11 is 0. The minimum absolute atomic E-state index is 0.231. The van der Waals surface area contributed by atoms with Gasteiger partial charge in [-0.3, -0.25) is 4.98 Å². The number of nitrogens with two attached hydrogens (primary N) is 1. The van der Waals surface area contributed by atoms with E-state index in [1.165, 1.54) is 12.1 Å². The van der Waals surface area contributed by atoms with Crippen molar-refractivity contribution in [3.05, 3.63) is 65.2 Å². The summed E-state index contributed by atoms with van der Waals surface area (Å²) in [5.41, 5.74) is 8.71. The van der Waals surface area contributed by atoms with Gasteiger partial charge >= 0.3 is 0 Å². The molecule has 0 saturated heterocycles. The van der Waals surface area contributed by atoms with Crippen molar-refractivity contribution in [3.63, 3.8) is 0 Å². The van der Waals surface area contributed by atoms with Crippen molar-refractivity contribution in [3.8, 4) is 0 Å². The van der Waals surface area contributed by atoms with Crippen molar-refractivity contribution in [1.29, 1.82) is 0 Å². The second-order valence-corrected chi connectivity index (χ2v) is 4.98. The molecule has 0 aliphatic rings. The van der Waals surface area contributed by atoms with Gasteiger partial charge in [0.1, 0.15) is 5.82 Å². The first kappa shape index (κ1) is 12.7. The van der Waals surface area contributed by atoms with Crippen molar-refractivity contribution < 1.29 is 4.39 Å². The van der Waals surface area contributed by atoms with Crippen LogP contribution in [0.15, 0.2) is 42.7 Å². The summed E-state index contributed by atoms with van der Waals surface area (Å²) in [6.07, 6.45) is 4.14. The molecule has 2 nitrogen and oxygen atoms in total. The number of nitrogens with zero attached hydrogens (tertiary/aromatic N) is 1. The normalized spacial score (nSPS) is 14.2. The quantitative estimate of drug-likeness (QED) is 0.901. The molecule has 0 amide bonds. The summed E-state index contributed by atoms with van der Waals surface area (Å²) < 4.78 is 13.2. The maximum atomic E-state index is 13.2. The molecule has 1 heterocycles. The van der Waals surface area contributed by atoms with Gasteiger partial charge in [-0.15, -0.1) is 0 Å². The van der Waals surface area contributed by atoms with Gasteiger partial charge < -0.3 is 5.73 Å². The van der Waals surface area contributed by atoms with E-state index in [9.17, 15) is 4.39 Å². The van der Waals surface area contributed by atoms with E-state index < -0.39 is 5.54 Å².